The van der Waals surface area contributed by atoms with Crippen molar-refractivity contribution < 1.29 is 18.0 Å². The molecule has 0 saturated heterocycles. The maximum Gasteiger partial charge on any atom is 0.405 e. The first-order chi connectivity index (χ1) is 14.4. The number of nitrogens with one attached hydrogen (secondary N) is 2. The van der Waals surface area contributed by atoms with Crippen molar-refractivity contribution in [1.29, 1.82) is 0 Å². The molecule has 0 fully saturated rings. The Morgan fingerprint density at radius 2 is 1.80 bits per heavy atom. The van der Waals surface area contributed by atoms with Crippen LogP contribution in [0, 0.1) is 0 Å². The SMILES string of the molecule is O=C(NCC(F)(F)F)Nc1cccc(-c2cnc3cc(-c4cncnc4)ccn23)c1. The van der Waals surface area contributed by atoms with Gasteiger partial charge in [0, 0.05) is 35.4 Å². The van der Waals surface area contributed by atoms with Crippen LogP contribution in [-0.4, -0.2) is 38.1 Å². The van der Waals surface area contributed by atoms with Gasteiger partial charge in [0.15, 0.2) is 0 Å². The number of carbonyl (C=O) groups excluding carboxylic acids is 1. The highest BCUT2D eigenvalue weighted by molar-refractivity contribution is 5.90. The predicted octanol–water partition coefficient (Wildman–Crippen LogP) is 4.14. The van der Waals surface area contributed by atoms with Crippen molar-refractivity contribution >= 4 is 17.4 Å². The van der Waals surface area contributed by atoms with E-state index in [9.17, 15) is 18.0 Å². The number of amides is 2. The molecule has 30 heavy (non-hydrogen) atoms. The minimum absolute atomic E-state index is 0.361. The van der Waals surface area contributed by atoms with E-state index in [2.05, 4.69) is 20.3 Å². The summed E-state index contributed by atoms with van der Waals surface area (Å²) >= 11 is 0. The maximum atomic E-state index is 12.2. The average molecular weight is 412 g/mol. The minimum Gasteiger partial charge on any atom is -0.329 e. The molecule has 4 aromatic rings. The molecule has 0 saturated carbocycles. The highest BCUT2D eigenvalue weighted by Crippen LogP contribution is 2.26. The standard InChI is InChI=1S/C20H15F3N6O/c21-20(22,23)11-27-19(30)28-16-3-1-2-14(6-16)17-10-26-18-7-13(4-5-29(17)18)15-8-24-12-25-9-15/h1-10,12H,11H2,(H2,27,28,30). The molecule has 10 heteroatoms. The Morgan fingerprint density at radius 1 is 1.00 bits per heavy atom. The third kappa shape index (κ3) is 4.37. The second-order valence-electron chi connectivity index (χ2n) is 6.42. The summed E-state index contributed by atoms with van der Waals surface area (Å²) in [6, 6.07) is 9.64. The summed E-state index contributed by atoms with van der Waals surface area (Å²) in [7, 11) is 0. The largest absolute Gasteiger partial charge is 0.405 e. The van der Waals surface area contributed by atoms with Crippen LogP contribution < -0.4 is 10.6 Å². The first-order valence-electron chi connectivity index (χ1n) is 8.83. The molecule has 3 aromatic heterocycles. The number of anilines is 1. The summed E-state index contributed by atoms with van der Waals surface area (Å²) in [5.41, 5.74) is 4.34. The summed E-state index contributed by atoms with van der Waals surface area (Å²) < 4.78 is 38.6. The Labute approximate surface area is 168 Å². The van der Waals surface area contributed by atoms with Gasteiger partial charge in [-0.3, -0.25) is 4.40 Å². The molecule has 1 aromatic carbocycles. The monoisotopic (exact) mass is 412 g/mol. The van der Waals surface area contributed by atoms with Crippen LogP contribution in [0.25, 0.3) is 28.0 Å². The van der Waals surface area contributed by atoms with E-state index in [0.717, 1.165) is 22.4 Å². The molecule has 0 unspecified atom stereocenters. The number of nitrogens with zero attached hydrogens (tertiary/aromatic N) is 4. The minimum atomic E-state index is -4.47. The summed E-state index contributed by atoms with van der Waals surface area (Å²) in [6.45, 7) is -1.40. The molecule has 7 nitrogen and oxygen atoms in total. The van der Waals surface area contributed by atoms with E-state index in [1.54, 1.807) is 42.1 Å². The van der Waals surface area contributed by atoms with Gasteiger partial charge in [-0.05, 0) is 29.8 Å². The number of benzene rings is 1. The Morgan fingerprint density at radius 3 is 2.57 bits per heavy atom. The summed E-state index contributed by atoms with van der Waals surface area (Å²) in [6.07, 6.45) is 3.95. The fourth-order valence-electron chi connectivity index (χ4n) is 2.93. The van der Waals surface area contributed by atoms with Gasteiger partial charge in [0.1, 0.15) is 18.5 Å². The second kappa shape index (κ2) is 7.82. The lowest BCUT2D eigenvalue weighted by atomic mass is 10.1. The van der Waals surface area contributed by atoms with Crippen molar-refractivity contribution in [1.82, 2.24) is 24.7 Å². The lowest BCUT2D eigenvalue weighted by Crippen LogP contribution is -2.36. The molecule has 4 rings (SSSR count). The molecule has 3 heterocycles. The molecule has 152 valence electrons. The van der Waals surface area contributed by atoms with Crippen molar-refractivity contribution in [3.63, 3.8) is 0 Å². The average Bonchev–Trinajstić information content (AvgIpc) is 3.16. The zero-order valence-electron chi connectivity index (χ0n) is 15.4. The van der Waals surface area contributed by atoms with Gasteiger partial charge in [-0.1, -0.05) is 12.1 Å². The van der Waals surface area contributed by atoms with E-state index in [4.69, 9.17) is 0 Å². The molecule has 0 atom stereocenters. The highest BCUT2D eigenvalue weighted by Gasteiger charge is 2.27. The van der Waals surface area contributed by atoms with E-state index >= 15 is 0 Å². The zero-order valence-corrected chi connectivity index (χ0v) is 15.4. The van der Waals surface area contributed by atoms with E-state index in [1.165, 1.54) is 6.33 Å². The number of urea groups is 1. The molecule has 0 spiro atoms. The van der Waals surface area contributed by atoms with Gasteiger partial charge in [-0.2, -0.15) is 13.2 Å². The number of aromatic nitrogens is 4. The molecule has 0 aliphatic rings. The first-order valence-corrected chi connectivity index (χ1v) is 8.83. The van der Waals surface area contributed by atoms with Crippen LogP contribution in [0.5, 0.6) is 0 Å². The van der Waals surface area contributed by atoms with E-state index in [0.29, 0.717) is 11.3 Å². The van der Waals surface area contributed by atoms with Crippen LogP contribution >= 0.6 is 0 Å². The van der Waals surface area contributed by atoms with Gasteiger partial charge in [0.25, 0.3) is 0 Å². The van der Waals surface area contributed by atoms with Crippen LogP contribution in [0.4, 0.5) is 23.7 Å². The summed E-state index contributed by atoms with van der Waals surface area (Å²) in [5.74, 6) is 0. The molecule has 0 aliphatic heterocycles. The summed E-state index contributed by atoms with van der Waals surface area (Å²) in [4.78, 5) is 24.1. The highest BCUT2D eigenvalue weighted by atomic mass is 19.4. The smallest absolute Gasteiger partial charge is 0.329 e. The van der Waals surface area contributed by atoms with Gasteiger partial charge >= 0.3 is 12.2 Å². The number of carbonyl (C=O) groups is 1. The molecular weight excluding hydrogens is 397 g/mol. The zero-order chi connectivity index (χ0) is 21.1. The van der Waals surface area contributed by atoms with Crippen molar-refractivity contribution in [2.45, 2.75) is 6.18 Å². The Bertz CT molecular complexity index is 1190. The molecule has 0 aliphatic carbocycles. The van der Waals surface area contributed by atoms with Crippen molar-refractivity contribution in [3.8, 4) is 22.4 Å². The maximum absolute atomic E-state index is 12.2. The first kappa shape index (κ1) is 19.4. The Hall–Kier alpha value is -3.95. The van der Waals surface area contributed by atoms with E-state index in [-0.39, 0.29) is 0 Å². The summed E-state index contributed by atoms with van der Waals surface area (Å²) in [5, 5.41) is 4.18. The number of fused-ring (bicyclic) bond motifs is 1. The van der Waals surface area contributed by atoms with Crippen LogP contribution in [-0.2, 0) is 0 Å². The molecule has 0 radical (unpaired) electrons. The molecule has 2 amide bonds. The van der Waals surface area contributed by atoms with Crippen LogP contribution in [0.1, 0.15) is 0 Å². The number of imidazole rings is 1. The fourth-order valence-corrected chi connectivity index (χ4v) is 2.93. The van der Waals surface area contributed by atoms with Gasteiger partial charge in [0.2, 0.25) is 0 Å². The lowest BCUT2D eigenvalue weighted by Gasteiger charge is -2.11. The lowest BCUT2D eigenvalue weighted by molar-refractivity contribution is -0.122. The number of halogens is 3. The third-order valence-corrected chi connectivity index (χ3v) is 4.27. The number of rotatable bonds is 4. The van der Waals surface area contributed by atoms with Crippen molar-refractivity contribution in [2.75, 3.05) is 11.9 Å². The number of hydrogen-bond donors (Lipinski definition) is 2. The molecule has 0 bridgehead atoms. The van der Waals surface area contributed by atoms with Crippen molar-refractivity contribution in [2.24, 2.45) is 0 Å². The van der Waals surface area contributed by atoms with Crippen molar-refractivity contribution in [3.05, 3.63) is 67.5 Å². The van der Waals surface area contributed by atoms with E-state index < -0.39 is 18.8 Å². The third-order valence-electron chi connectivity index (χ3n) is 4.27. The quantitative estimate of drug-likeness (QED) is 0.528. The molecular formula is C20H15F3N6O. The van der Waals surface area contributed by atoms with Gasteiger partial charge in [-0.25, -0.2) is 19.7 Å². The fraction of sp³-hybridized carbons (Fsp3) is 0.100. The topological polar surface area (TPSA) is 84.2 Å². The normalized spacial score (nSPS) is 11.4. The van der Waals surface area contributed by atoms with Gasteiger partial charge < -0.3 is 10.6 Å². The molecule has 2 N–H and O–H groups in total. The van der Waals surface area contributed by atoms with Crippen LogP contribution in [0.3, 0.4) is 0 Å². The predicted molar refractivity (Wildman–Crippen MR) is 105 cm³/mol. The van der Waals surface area contributed by atoms with Crippen LogP contribution in [0.15, 0.2) is 67.5 Å². The number of alkyl halides is 3. The van der Waals surface area contributed by atoms with Crippen LogP contribution in [0.2, 0.25) is 0 Å². The number of pyridine rings is 1. The van der Waals surface area contributed by atoms with E-state index in [1.807, 2.05) is 28.8 Å². The van der Waals surface area contributed by atoms with Gasteiger partial charge in [0.05, 0.1) is 11.9 Å². The Kier molecular flexibility index (Phi) is 5.05. The second-order valence-corrected chi connectivity index (χ2v) is 6.42. The number of hydrogen-bond acceptors (Lipinski definition) is 4. The Balaban J connectivity index is 1.57. The van der Waals surface area contributed by atoms with Gasteiger partial charge in [-0.15, -0.1) is 0 Å².